The lowest BCUT2D eigenvalue weighted by Gasteiger charge is -2.56. The highest BCUT2D eigenvalue weighted by atomic mass is 19.1. The highest BCUT2D eigenvalue weighted by Gasteiger charge is 2.49. The number of amides is 1. The van der Waals surface area contributed by atoms with Crippen LogP contribution >= 0.6 is 0 Å². The minimum atomic E-state index is -0.445. The Morgan fingerprint density at radius 3 is 2.66 bits per heavy atom. The van der Waals surface area contributed by atoms with Gasteiger partial charge in [0, 0.05) is 31.6 Å². The van der Waals surface area contributed by atoms with Gasteiger partial charge in [0.2, 0.25) is 11.9 Å². The first kappa shape index (κ1) is 18.5. The number of aromatic nitrogens is 2. The van der Waals surface area contributed by atoms with E-state index in [-0.39, 0.29) is 29.7 Å². The molecular formula is C22H24F2N4O. The fourth-order valence-electron chi connectivity index (χ4n) is 5.58. The van der Waals surface area contributed by atoms with Crippen LogP contribution in [-0.2, 0) is 11.2 Å². The fourth-order valence-corrected chi connectivity index (χ4v) is 5.58. The number of piperidine rings is 3. The van der Waals surface area contributed by atoms with Crippen LogP contribution in [0, 0.1) is 23.5 Å². The quantitative estimate of drug-likeness (QED) is 0.797. The van der Waals surface area contributed by atoms with Crippen molar-refractivity contribution >= 4 is 11.9 Å². The average Bonchev–Trinajstić information content (AvgIpc) is 2.72. The second-order valence-electron chi connectivity index (χ2n) is 8.52. The molecule has 3 fully saturated rings. The Bertz CT molecular complexity index is 906. The number of halogens is 2. The molecule has 0 N–H and O–H groups in total. The summed E-state index contributed by atoms with van der Waals surface area (Å²) in [6.07, 6.45) is 6.62. The van der Waals surface area contributed by atoms with Crippen LogP contribution in [0.3, 0.4) is 0 Å². The number of nitrogens with zero attached hydrogens (tertiary/aromatic N) is 4. The molecule has 29 heavy (non-hydrogen) atoms. The first-order valence-corrected chi connectivity index (χ1v) is 10.4. The van der Waals surface area contributed by atoms with Crippen molar-refractivity contribution in [2.24, 2.45) is 11.8 Å². The molecule has 0 spiro atoms. The van der Waals surface area contributed by atoms with Crippen LogP contribution in [0.4, 0.5) is 14.7 Å². The van der Waals surface area contributed by atoms with Crippen molar-refractivity contribution < 1.29 is 13.6 Å². The Balaban J connectivity index is 1.46. The maximum Gasteiger partial charge on any atom is 0.225 e. The molecule has 0 radical (unpaired) electrons. The number of anilines is 1. The molecule has 4 atom stereocenters. The first-order chi connectivity index (χ1) is 14.1. The van der Waals surface area contributed by atoms with Gasteiger partial charge < -0.3 is 9.80 Å². The number of fused-ring (bicyclic) bond motifs is 4. The summed E-state index contributed by atoms with van der Waals surface area (Å²) < 4.78 is 27.0. The molecule has 3 saturated heterocycles. The molecule has 3 aliphatic rings. The summed E-state index contributed by atoms with van der Waals surface area (Å²) in [5, 5.41) is 0. The Labute approximate surface area is 168 Å². The van der Waals surface area contributed by atoms with Gasteiger partial charge in [0.15, 0.2) is 5.82 Å². The fraction of sp³-hybridized carbons (Fsp3) is 0.500. The molecule has 0 unspecified atom stereocenters. The molecule has 7 heteroatoms. The number of benzene rings is 1. The molecule has 2 bridgehead atoms. The number of hydrogen-bond donors (Lipinski definition) is 0. The van der Waals surface area contributed by atoms with Gasteiger partial charge >= 0.3 is 0 Å². The third kappa shape index (κ3) is 3.47. The zero-order valence-corrected chi connectivity index (χ0v) is 16.2. The van der Waals surface area contributed by atoms with Crippen molar-refractivity contribution in [2.75, 3.05) is 18.0 Å². The summed E-state index contributed by atoms with van der Waals surface area (Å²) in [6, 6.07) is 6.92. The standard InChI is InChI=1S/C22H24F2N4O/c23-17-4-1-3-14(7-17)8-20-16-9-15(19-5-2-6-21(29)28(19)20)12-27(13-16)22-25-10-18(24)11-26-22/h1,3-4,7,10-11,15-16,19-20H,2,5-6,8-9,12-13H2/t15-,16+,19+,20+/m1/s1. The van der Waals surface area contributed by atoms with Crippen molar-refractivity contribution in [1.29, 1.82) is 0 Å². The summed E-state index contributed by atoms with van der Waals surface area (Å²) in [5.74, 6) is 0.686. The maximum absolute atomic E-state index is 13.8. The van der Waals surface area contributed by atoms with Crippen molar-refractivity contribution in [2.45, 2.75) is 44.2 Å². The number of hydrogen-bond acceptors (Lipinski definition) is 4. The van der Waals surface area contributed by atoms with Crippen molar-refractivity contribution in [3.63, 3.8) is 0 Å². The lowest BCUT2D eigenvalue weighted by atomic mass is 9.71. The molecule has 1 aromatic carbocycles. The second kappa shape index (κ2) is 7.35. The van der Waals surface area contributed by atoms with Gasteiger partial charge in [-0.1, -0.05) is 12.1 Å². The monoisotopic (exact) mass is 398 g/mol. The molecule has 3 aliphatic heterocycles. The van der Waals surface area contributed by atoms with Crippen LogP contribution in [0.15, 0.2) is 36.7 Å². The third-order valence-electron chi connectivity index (χ3n) is 6.72. The molecule has 5 rings (SSSR count). The zero-order chi connectivity index (χ0) is 20.0. The Morgan fingerprint density at radius 1 is 1.07 bits per heavy atom. The summed E-state index contributed by atoms with van der Waals surface area (Å²) in [6.45, 7) is 1.50. The Hall–Kier alpha value is -2.57. The van der Waals surface area contributed by atoms with Crippen LogP contribution in [0.1, 0.15) is 31.2 Å². The predicted octanol–water partition coefficient (Wildman–Crippen LogP) is 3.20. The molecule has 1 amide bonds. The Morgan fingerprint density at radius 2 is 1.86 bits per heavy atom. The van der Waals surface area contributed by atoms with Gasteiger partial charge in [-0.25, -0.2) is 18.7 Å². The minimum Gasteiger partial charge on any atom is -0.340 e. The highest BCUT2D eigenvalue weighted by Crippen LogP contribution is 2.43. The topological polar surface area (TPSA) is 49.3 Å². The summed E-state index contributed by atoms with van der Waals surface area (Å²) in [7, 11) is 0. The van der Waals surface area contributed by atoms with Crippen LogP contribution in [-0.4, -0.2) is 45.9 Å². The normalized spacial score (nSPS) is 29.0. The molecule has 0 saturated carbocycles. The number of carbonyl (C=O) groups excluding carboxylic acids is 1. The predicted molar refractivity (Wildman–Crippen MR) is 104 cm³/mol. The van der Waals surface area contributed by atoms with E-state index in [1.54, 1.807) is 12.1 Å². The van der Waals surface area contributed by atoms with Gasteiger partial charge in [-0.3, -0.25) is 4.79 Å². The molecule has 152 valence electrons. The van der Waals surface area contributed by atoms with E-state index in [2.05, 4.69) is 19.8 Å². The summed E-state index contributed by atoms with van der Waals surface area (Å²) in [4.78, 5) is 25.5. The molecular weight excluding hydrogens is 374 g/mol. The average molecular weight is 398 g/mol. The minimum absolute atomic E-state index is 0.0362. The van der Waals surface area contributed by atoms with E-state index in [9.17, 15) is 13.6 Å². The van der Waals surface area contributed by atoms with Crippen molar-refractivity contribution in [3.05, 3.63) is 53.9 Å². The molecule has 0 aliphatic carbocycles. The molecule has 2 aromatic rings. The van der Waals surface area contributed by atoms with Crippen molar-refractivity contribution in [3.8, 4) is 0 Å². The van der Waals surface area contributed by atoms with E-state index in [0.29, 0.717) is 24.7 Å². The maximum atomic E-state index is 13.8. The van der Waals surface area contributed by atoms with Gasteiger partial charge in [0.25, 0.3) is 0 Å². The van der Waals surface area contributed by atoms with E-state index in [1.165, 1.54) is 18.5 Å². The lowest BCUT2D eigenvalue weighted by Crippen LogP contribution is -2.65. The number of carbonyl (C=O) groups is 1. The van der Waals surface area contributed by atoms with Gasteiger partial charge in [0.05, 0.1) is 12.4 Å². The van der Waals surface area contributed by atoms with Crippen LogP contribution < -0.4 is 4.90 Å². The van der Waals surface area contributed by atoms with E-state index >= 15 is 0 Å². The largest absolute Gasteiger partial charge is 0.340 e. The molecule has 1 aromatic heterocycles. The highest BCUT2D eigenvalue weighted by molar-refractivity contribution is 5.78. The molecule has 4 heterocycles. The van der Waals surface area contributed by atoms with Gasteiger partial charge in [-0.05, 0) is 55.2 Å². The smallest absolute Gasteiger partial charge is 0.225 e. The SMILES string of the molecule is O=C1CCC[C@H]2[C@@H]3C[C@@H](CN(c4ncc(F)cn4)C3)[C@H](Cc3cccc(F)c3)N12. The van der Waals surface area contributed by atoms with Crippen LogP contribution in [0.5, 0.6) is 0 Å². The first-order valence-electron chi connectivity index (χ1n) is 10.4. The van der Waals surface area contributed by atoms with Crippen LogP contribution in [0.25, 0.3) is 0 Å². The summed E-state index contributed by atoms with van der Waals surface area (Å²) in [5.41, 5.74) is 0.917. The lowest BCUT2D eigenvalue weighted by molar-refractivity contribution is -0.148. The van der Waals surface area contributed by atoms with E-state index in [4.69, 9.17) is 0 Å². The Kier molecular flexibility index (Phi) is 4.68. The second-order valence-corrected chi connectivity index (χ2v) is 8.52. The molecule has 5 nitrogen and oxygen atoms in total. The van der Waals surface area contributed by atoms with E-state index in [0.717, 1.165) is 37.9 Å². The van der Waals surface area contributed by atoms with Crippen molar-refractivity contribution in [1.82, 2.24) is 14.9 Å². The number of rotatable bonds is 3. The van der Waals surface area contributed by atoms with E-state index in [1.807, 2.05) is 6.07 Å². The van der Waals surface area contributed by atoms with Gasteiger partial charge in [-0.2, -0.15) is 0 Å². The van der Waals surface area contributed by atoms with Gasteiger partial charge in [-0.15, -0.1) is 0 Å². The van der Waals surface area contributed by atoms with Crippen LogP contribution in [0.2, 0.25) is 0 Å². The third-order valence-corrected chi connectivity index (χ3v) is 6.72. The zero-order valence-electron chi connectivity index (χ0n) is 16.2. The van der Waals surface area contributed by atoms with Gasteiger partial charge in [0.1, 0.15) is 5.82 Å². The summed E-state index contributed by atoms with van der Waals surface area (Å²) >= 11 is 0. The van der Waals surface area contributed by atoms with E-state index < -0.39 is 5.82 Å².